The van der Waals surface area contributed by atoms with Crippen LogP contribution < -0.4 is 5.32 Å². The van der Waals surface area contributed by atoms with Gasteiger partial charge in [-0.15, -0.1) is 24.8 Å². The molecular weight excluding hydrogens is 351 g/mol. The Balaban J connectivity index is 0.00000104. The Kier molecular flexibility index (Phi) is 6.51. The summed E-state index contributed by atoms with van der Waals surface area (Å²) in [4.78, 5) is 14.4. The monoisotopic (exact) mass is 374 g/mol. The smallest absolute Gasteiger partial charge is 0.338 e. The van der Waals surface area contributed by atoms with E-state index >= 15 is 0 Å². The van der Waals surface area contributed by atoms with Crippen LogP contribution in [0.4, 0.5) is 0 Å². The Morgan fingerprint density at radius 3 is 2.96 bits per heavy atom. The Bertz CT molecular complexity index is 599. The van der Waals surface area contributed by atoms with Gasteiger partial charge in [0.1, 0.15) is 6.10 Å². The lowest BCUT2D eigenvalue weighted by molar-refractivity contribution is -0.0718. The standard InChI is InChI=1S/C17H22N2O3.2ClH/c1-11-6-13-7-12(2-3-15(13)17(20)22-11)16-9-19-5-4-18-8-14(19)10-21-16;;/h2-3,7,11,14,16,18H,4-6,8-10H2,1H3;2*1H/t11-,14-,16-;;/m1../s1. The van der Waals surface area contributed by atoms with Gasteiger partial charge < -0.3 is 14.8 Å². The molecule has 1 aromatic carbocycles. The number of hydrogen-bond donors (Lipinski definition) is 1. The van der Waals surface area contributed by atoms with E-state index in [4.69, 9.17) is 9.47 Å². The molecule has 0 aromatic heterocycles. The fraction of sp³-hybridized carbons (Fsp3) is 0.588. The second-order valence-corrected chi connectivity index (χ2v) is 6.51. The van der Waals surface area contributed by atoms with Crippen molar-refractivity contribution in [2.24, 2.45) is 0 Å². The first-order valence-electron chi connectivity index (χ1n) is 8.11. The molecule has 1 N–H and O–H groups in total. The van der Waals surface area contributed by atoms with Gasteiger partial charge in [0.05, 0.1) is 18.3 Å². The molecule has 0 bridgehead atoms. The molecule has 0 unspecified atom stereocenters. The minimum absolute atomic E-state index is 0. The van der Waals surface area contributed by atoms with Crippen molar-refractivity contribution < 1.29 is 14.3 Å². The van der Waals surface area contributed by atoms with E-state index in [0.29, 0.717) is 11.6 Å². The van der Waals surface area contributed by atoms with Crippen molar-refractivity contribution in [1.29, 1.82) is 0 Å². The van der Waals surface area contributed by atoms with Crippen molar-refractivity contribution in [3.8, 4) is 0 Å². The van der Waals surface area contributed by atoms with Gasteiger partial charge in [0.2, 0.25) is 0 Å². The first-order valence-corrected chi connectivity index (χ1v) is 8.11. The molecule has 0 amide bonds. The molecule has 0 saturated carbocycles. The number of cyclic esters (lactones) is 1. The lowest BCUT2D eigenvalue weighted by Crippen LogP contribution is -2.57. The summed E-state index contributed by atoms with van der Waals surface area (Å²) in [5.41, 5.74) is 2.97. The summed E-state index contributed by atoms with van der Waals surface area (Å²) < 4.78 is 11.4. The summed E-state index contributed by atoms with van der Waals surface area (Å²) in [5, 5.41) is 3.42. The number of benzene rings is 1. The minimum atomic E-state index is -0.202. The lowest BCUT2D eigenvalue weighted by atomic mass is 9.94. The van der Waals surface area contributed by atoms with Crippen LogP contribution in [0.15, 0.2) is 18.2 Å². The third kappa shape index (κ3) is 3.70. The number of halogens is 2. The van der Waals surface area contributed by atoms with E-state index in [0.717, 1.165) is 44.8 Å². The van der Waals surface area contributed by atoms with E-state index < -0.39 is 0 Å². The Morgan fingerprint density at radius 2 is 2.12 bits per heavy atom. The highest BCUT2D eigenvalue weighted by Crippen LogP contribution is 2.29. The molecule has 1 aromatic rings. The fourth-order valence-corrected chi connectivity index (χ4v) is 3.68. The molecule has 3 heterocycles. The average molecular weight is 375 g/mol. The highest BCUT2D eigenvalue weighted by molar-refractivity contribution is 5.92. The van der Waals surface area contributed by atoms with Crippen molar-refractivity contribution >= 4 is 30.8 Å². The summed E-state index contributed by atoms with van der Waals surface area (Å²) in [6.45, 7) is 6.80. The molecule has 2 fully saturated rings. The molecule has 3 atom stereocenters. The quantitative estimate of drug-likeness (QED) is 0.761. The number of rotatable bonds is 1. The van der Waals surface area contributed by atoms with Gasteiger partial charge in [-0.05, 0) is 24.1 Å². The third-order valence-corrected chi connectivity index (χ3v) is 4.90. The number of fused-ring (bicyclic) bond motifs is 2. The van der Waals surface area contributed by atoms with Crippen molar-refractivity contribution in [3.05, 3.63) is 34.9 Å². The van der Waals surface area contributed by atoms with Crippen LogP contribution in [0.5, 0.6) is 0 Å². The maximum atomic E-state index is 11.9. The summed E-state index contributed by atoms with van der Waals surface area (Å²) in [7, 11) is 0. The number of hydrogen-bond acceptors (Lipinski definition) is 5. The first-order chi connectivity index (χ1) is 10.7. The molecule has 3 aliphatic rings. The lowest BCUT2D eigenvalue weighted by Gasteiger charge is -2.42. The SMILES string of the molecule is C[C@@H]1Cc2cc([C@H]3CN4CCNC[C@@H]4CO3)ccc2C(=O)O1.Cl.Cl. The summed E-state index contributed by atoms with van der Waals surface area (Å²) in [6.07, 6.45) is 0.853. The summed E-state index contributed by atoms with van der Waals surface area (Å²) in [5.74, 6) is -0.202. The van der Waals surface area contributed by atoms with Gasteiger partial charge in [0.25, 0.3) is 0 Å². The molecule has 24 heavy (non-hydrogen) atoms. The maximum Gasteiger partial charge on any atom is 0.338 e. The zero-order chi connectivity index (χ0) is 15.1. The maximum absolute atomic E-state index is 11.9. The van der Waals surface area contributed by atoms with Crippen LogP contribution in [-0.4, -0.2) is 55.8 Å². The zero-order valence-electron chi connectivity index (χ0n) is 13.7. The predicted octanol–water partition coefficient (Wildman–Crippen LogP) is 1.98. The van der Waals surface area contributed by atoms with Gasteiger partial charge in [-0.2, -0.15) is 0 Å². The number of piperazine rings is 1. The van der Waals surface area contributed by atoms with Crippen LogP contribution in [0.1, 0.15) is 34.5 Å². The van der Waals surface area contributed by atoms with Crippen LogP contribution in [-0.2, 0) is 15.9 Å². The number of nitrogens with one attached hydrogen (secondary N) is 1. The van der Waals surface area contributed by atoms with Crippen molar-refractivity contribution in [3.63, 3.8) is 0 Å². The van der Waals surface area contributed by atoms with E-state index in [1.807, 2.05) is 19.1 Å². The largest absolute Gasteiger partial charge is 0.459 e. The average Bonchev–Trinajstić information content (AvgIpc) is 2.53. The van der Waals surface area contributed by atoms with E-state index in [-0.39, 0.29) is 43.0 Å². The topological polar surface area (TPSA) is 50.8 Å². The highest BCUT2D eigenvalue weighted by Gasteiger charge is 2.32. The molecule has 134 valence electrons. The summed E-state index contributed by atoms with van der Waals surface area (Å²) >= 11 is 0. The van der Waals surface area contributed by atoms with Crippen LogP contribution in [0, 0.1) is 0 Å². The van der Waals surface area contributed by atoms with Gasteiger partial charge in [0, 0.05) is 38.6 Å². The van der Waals surface area contributed by atoms with Crippen LogP contribution in [0.2, 0.25) is 0 Å². The molecular formula is C17H24Cl2N2O3. The number of nitrogens with zero attached hydrogens (tertiary/aromatic N) is 1. The normalized spacial score (nSPS) is 29.4. The molecule has 4 rings (SSSR count). The predicted molar refractivity (Wildman–Crippen MR) is 96.4 cm³/mol. The number of carbonyl (C=O) groups excluding carboxylic acids is 1. The Hall–Kier alpha value is -0.850. The second kappa shape index (κ2) is 8.02. The molecule has 5 nitrogen and oxygen atoms in total. The van der Waals surface area contributed by atoms with Crippen LogP contribution >= 0.6 is 24.8 Å². The Labute approximate surface area is 154 Å². The number of morpholine rings is 1. The molecule has 7 heteroatoms. The molecule has 0 aliphatic carbocycles. The van der Waals surface area contributed by atoms with E-state index in [1.165, 1.54) is 5.56 Å². The van der Waals surface area contributed by atoms with Crippen molar-refractivity contribution in [2.75, 3.05) is 32.8 Å². The van der Waals surface area contributed by atoms with Crippen LogP contribution in [0.25, 0.3) is 0 Å². The van der Waals surface area contributed by atoms with Gasteiger partial charge in [0.15, 0.2) is 0 Å². The molecule has 0 radical (unpaired) electrons. The minimum Gasteiger partial charge on any atom is -0.459 e. The van der Waals surface area contributed by atoms with E-state index in [1.54, 1.807) is 0 Å². The first kappa shape index (κ1) is 19.5. The van der Waals surface area contributed by atoms with Gasteiger partial charge in [-0.1, -0.05) is 12.1 Å². The molecule has 3 aliphatic heterocycles. The summed E-state index contributed by atoms with van der Waals surface area (Å²) in [6, 6.07) is 6.55. The number of esters is 1. The fourth-order valence-electron chi connectivity index (χ4n) is 3.68. The van der Waals surface area contributed by atoms with Crippen molar-refractivity contribution in [2.45, 2.75) is 31.6 Å². The second-order valence-electron chi connectivity index (χ2n) is 6.51. The zero-order valence-corrected chi connectivity index (χ0v) is 15.3. The number of ether oxygens (including phenoxy) is 2. The van der Waals surface area contributed by atoms with E-state index in [9.17, 15) is 4.79 Å². The van der Waals surface area contributed by atoms with Gasteiger partial charge in [-0.3, -0.25) is 4.90 Å². The van der Waals surface area contributed by atoms with Gasteiger partial charge in [-0.25, -0.2) is 4.79 Å². The number of carbonyl (C=O) groups is 1. The van der Waals surface area contributed by atoms with Crippen LogP contribution in [0.3, 0.4) is 0 Å². The Morgan fingerprint density at radius 1 is 1.29 bits per heavy atom. The molecule has 0 spiro atoms. The third-order valence-electron chi connectivity index (χ3n) is 4.90. The van der Waals surface area contributed by atoms with E-state index in [2.05, 4.69) is 16.3 Å². The highest BCUT2D eigenvalue weighted by atomic mass is 35.5. The van der Waals surface area contributed by atoms with Gasteiger partial charge >= 0.3 is 5.97 Å². The van der Waals surface area contributed by atoms with Crippen molar-refractivity contribution in [1.82, 2.24) is 10.2 Å². The molecule has 2 saturated heterocycles.